The molecular formula is C24H37N3O5. The van der Waals surface area contributed by atoms with Gasteiger partial charge in [0.2, 0.25) is 5.91 Å². The van der Waals surface area contributed by atoms with Gasteiger partial charge in [-0.25, -0.2) is 9.86 Å². The molecule has 1 aromatic rings. The first-order valence-corrected chi connectivity index (χ1v) is 10.9. The number of hydrogen-bond acceptors (Lipinski definition) is 6. The Morgan fingerprint density at radius 1 is 1.09 bits per heavy atom. The van der Waals surface area contributed by atoms with E-state index >= 15 is 0 Å². The van der Waals surface area contributed by atoms with Crippen molar-refractivity contribution in [3.63, 3.8) is 0 Å². The van der Waals surface area contributed by atoms with Crippen molar-refractivity contribution in [3.8, 4) is 0 Å². The van der Waals surface area contributed by atoms with Gasteiger partial charge in [0.15, 0.2) is 0 Å². The van der Waals surface area contributed by atoms with Crippen LogP contribution in [0.4, 0.5) is 0 Å². The lowest BCUT2D eigenvalue weighted by Crippen LogP contribution is -2.58. The first-order chi connectivity index (χ1) is 15.1. The van der Waals surface area contributed by atoms with Crippen molar-refractivity contribution >= 4 is 17.8 Å². The van der Waals surface area contributed by atoms with E-state index in [4.69, 9.17) is 15.3 Å². The van der Waals surface area contributed by atoms with Gasteiger partial charge in [0.05, 0.1) is 12.6 Å². The average molecular weight is 448 g/mol. The van der Waals surface area contributed by atoms with Crippen molar-refractivity contribution in [2.24, 2.45) is 17.6 Å². The molecule has 0 aliphatic carbocycles. The minimum Gasteiger partial charge on any atom is -0.459 e. The summed E-state index contributed by atoms with van der Waals surface area (Å²) in [6.07, 6.45) is 2.14. The van der Waals surface area contributed by atoms with Gasteiger partial charge >= 0.3 is 5.97 Å². The Balaban J connectivity index is 2.99. The summed E-state index contributed by atoms with van der Waals surface area (Å²) in [5.74, 6) is -2.10. The fourth-order valence-corrected chi connectivity index (χ4v) is 2.95. The first kappa shape index (κ1) is 27.3. The van der Waals surface area contributed by atoms with E-state index in [0.717, 1.165) is 10.6 Å². The number of esters is 1. The molecular weight excluding hydrogens is 410 g/mol. The fourth-order valence-electron chi connectivity index (χ4n) is 2.95. The zero-order valence-electron chi connectivity index (χ0n) is 19.7. The maximum atomic E-state index is 13.2. The number of nitrogens with zero attached hydrogens (tertiary/aromatic N) is 1. The van der Waals surface area contributed by atoms with Crippen LogP contribution >= 0.6 is 0 Å². The van der Waals surface area contributed by atoms with Gasteiger partial charge in [-0.2, -0.15) is 0 Å². The second kappa shape index (κ2) is 13.6. The van der Waals surface area contributed by atoms with Gasteiger partial charge in [-0.15, -0.1) is 6.58 Å². The monoisotopic (exact) mass is 447 g/mol. The molecule has 0 aromatic heterocycles. The molecule has 8 heteroatoms. The highest BCUT2D eigenvalue weighted by molar-refractivity contribution is 5.91. The number of rotatable bonds is 13. The minimum atomic E-state index is -0.971. The molecule has 0 unspecified atom stereocenters. The summed E-state index contributed by atoms with van der Waals surface area (Å²) >= 11 is 0. The topological polar surface area (TPSA) is 111 Å². The Labute approximate surface area is 191 Å². The zero-order chi connectivity index (χ0) is 24.3. The average Bonchev–Trinajstić information content (AvgIpc) is 2.74. The van der Waals surface area contributed by atoms with Crippen LogP contribution in [-0.2, 0) is 30.6 Å². The summed E-state index contributed by atoms with van der Waals surface area (Å²) in [6.45, 7) is 12.6. The molecule has 0 radical (unpaired) electrons. The third-order valence-electron chi connectivity index (χ3n) is 4.75. The number of hydrogen-bond donors (Lipinski definition) is 2. The lowest BCUT2D eigenvalue weighted by Gasteiger charge is -2.34. The minimum absolute atomic E-state index is 0.104. The van der Waals surface area contributed by atoms with Gasteiger partial charge in [-0.1, -0.05) is 64.1 Å². The summed E-state index contributed by atoms with van der Waals surface area (Å²) in [4.78, 5) is 44.2. The number of amides is 2. The van der Waals surface area contributed by atoms with Crippen molar-refractivity contribution < 1.29 is 24.0 Å². The Morgan fingerprint density at radius 3 is 2.22 bits per heavy atom. The van der Waals surface area contributed by atoms with Crippen molar-refractivity contribution in [2.75, 3.05) is 6.61 Å². The van der Waals surface area contributed by atoms with Crippen LogP contribution < -0.4 is 11.1 Å². The SMILES string of the molecule is C=CCCON(C(=O)[C@H](C)N)[C@H](C(=O)N[C@H](C(=O)OCc1ccccc1)C(C)C)C(C)C. The molecule has 0 bridgehead atoms. The molecule has 0 heterocycles. The standard InChI is InChI=1S/C24H37N3O5/c1-7-8-14-32-27(23(29)18(6)25)21(17(4)5)22(28)26-20(16(2)3)24(30)31-15-19-12-10-9-11-13-19/h7,9-13,16-18,20-21H,1,8,14-15,25H2,2-6H3,(H,26,28)/t18-,20-,21-/m0/s1. The second-order valence-electron chi connectivity index (χ2n) is 8.38. The highest BCUT2D eigenvalue weighted by Gasteiger charge is 2.37. The molecule has 2 amide bonds. The van der Waals surface area contributed by atoms with E-state index < -0.39 is 35.9 Å². The quantitative estimate of drug-likeness (QED) is 0.208. The second-order valence-corrected chi connectivity index (χ2v) is 8.38. The highest BCUT2D eigenvalue weighted by atomic mass is 16.7. The van der Waals surface area contributed by atoms with Gasteiger partial charge in [0, 0.05) is 0 Å². The van der Waals surface area contributed by atoms with E-state index in [2.05, 4.69) is 11.9 Å². The van der Waals surface area contributed by atoms with E-state index in [1.165, 1.54) is 6.92 Å². The molecule has 1 rings (SSSR count). The van der Waals surface area contributed by atoms with Gasteiger partial charge in [-0.05, 0) is 30.7 Å². The Bertz CT molecular complexity index is 749. The maximum Gasteiger partial charge on any atom is 0.329 e. The van der Waals surface area contributed by atoms with Crippen LogP contribution in [-0.4, -0.2) is 47.6 Å². The smallest absolute Gasteiger partial charge is 0.329 e. The predicted molar refractivity (Wildman–Crippen MR) is 123 cm³/mol. The van der Waals surface area contributed by atoms with Gasteiger partial charge in [0.25, 0.3) is 5.91 Å². The molecule has 0 fully saturated rings. The van der Waals surface area contributed by atoms with E-state index in [-0.39, 0.29) is 25.0 Å². The Kier molecular flexibility index (Phi) is 11.7. The van der Waals surface area contributed by atoms with Crippen LogP contribution in [0.1, 0.15) is 46.6 Å². The van der Waals surface area contributed by atoms with E-state index in [1.807, 2.05) is 44.2 Å². The third kappa shape index (κ3) is 8.43. The molecule has 0 aliphatic rings. The fraction of sp³-hybridized carbons (Fsp3) is 0.542. The highest BCUT2D eigenvalue weighted by Crippen LogP contribution is 2.16. The number of ether oxygens (including phenoxy) is 1. The van der Waals surface area contributed by atoms with Crippen LogP contribution in [0.15, 0.2) is 43.0 Å². The van der Waals surface area contributed by atoms with E-state index in [0.29, 0.717) is 6.42 Å². The number of benzene rings is 1. The van der Waals surface area contributed by atoms with E-state index in [9.17, 15) is 14.4 Å². The van der Waals surface area contributed by atoms with Crippen LogP contribution in [0.25, 0.3) is 0 Å². The number of nitrogens with two attached hydrogens (primary N) is 1. The van der Waals surface area contributed by atoms with Crippen molar-refractivity contribution in [3.05, 3.63) is 48.6 Å². The molecule has 0 spiro atoms. The summed E-state index contributed by atoms with van der Waals surface area (Å²) in [5, 5.41) is 3.78. The van der Waals surface area contributed by atoms with Crippen LogP contribution in [0, 0.1) is 11.8 Å². The van der Waals surface area contributed by atoms with Gasteiger partial charge in [0.1, 0.15) is 18.7 Å². The number of carbonyl (C=O) groups is 3. The molecule has 0 saturated heterocycles. The summed E-state index contributed by atoms with van der Waals surface area (Å²) in [5.41, 5.74) is 6.62. The zero-order valence-corrected chi connectivity index (χ0v) is 19.7. The van der Waals surface area contributed by atoms with Crippen molar-refractivity contribution in [1.29, 1.82) is 0 Å². The molecule has 0 saturated carbocycles. The van der Waals surface area contributed by atoms with Crippen molar-refractivity contribution in [1.82, 2.24) is 10.4 Å². The molecule has 1 aromatic carbocycles. The first-order valence-electron chi connectivity index (χ1n) is 10.9. The largest absolute Gasteiger partial charge is 0.459 e. The molecule has 178 valence electrons. The molecule has 3 atom stereocenters. The number of hydroxylamine groups is 2. The normalized spacial score (nSPS) is 13.9. The summed E-state index contributed by atoms with van der Waals surface area (Å²) in [6, 6.07) is 6.58. The lowest BCUT2D eigenvalue weighted by molar-refractivity contribution is -0.207. The van der Waals surface area contributed by atoms with E-state index in [1.54, 1.807) is 19.9 Å². The van der Waals surface area contributed by atoms with Crippen molar-refractivity contribution in [2.45, 2.75) is 65.8 Å². The molecule has 32 heavy (non-hydrogen) atoms. The summed E-state index contributed by atoms with van der Waals surface area (Å²) in [7, 11) is 0. The number of carbonyl (C=O) groups excluding carboxylic acids is 3. The van der Waals surface area contributed by atoms with Crippen LogP contribution in [0.2, 0.25) is 0 Å². The predicted octanol–water partition coefficient (Wildman–Crippen LogP) is 2.58. The van der Waals surface area contributed by atoms with Gasteiger partial charge < -0.3 is 15.8 Å². The van der Waals surface area contributed by atoms with Crippen LogP contribution in [0.5, 0.6) is 0 Å². The third-order valence-corrected chi connectivity index (χ3v) is 4.75. The molecule has 8 nitrogen and oxygen atoms in total. The Hall–Kier alpha value is -2.71. The Morgan fingerprint density at radius 2 is 1.72 bits per heavy atom. The number of nitrogens with one attached hydrogen (secondary N) is 1. The molecule has 3 N–H and O–H groups in total. The molecule has 0 aliphatic heterocycles. The van der Waals surface area contributed by atoms with Crippen LogP contribution in [0.3, 0.4) is 0 Å². The lowest BCUT2D eigenvalue weighted by atomic mass is 9.99. The van der Waals surface area contributed by atoms with Gasteiger partial charge in [-0.3, -0.25) is 14.4 Å². The maximum absolute atomic E-state index is 13.2. The summed E-state index contributed by atoms with van der Waals surface area (Å²) < 4.78 is 5.42.